The Bertz CT molecular complexity index is 949. The van der Waals surface area contributed by atoms with Crippen LogP contribution in [0.5, 0.6) is 0 Å². The molecule has 0 unspecified atom stereocenters. The Balaban J connectivity index is 1.95. The Morgan fingerprint density at radius 1 is 1.19 bits per heavy atom. The van der Waals surface area contributed by atoms with Gasteiger partial charge in [0.2, 0.25) is 0 Å². The number of aliphatic hydroxyl groups excluding tert-OH is 1. The van der Waals surface area contributed by atoms with Crippen molar-refractivity contribution in [1.82, 2.24) is 14.5 Å². The molecule has 0 aliphatic rings. The molecular weight excluding hydrogens is 262 g/mol. The third kappa shape index (κ3) is 1.84. The monoisotopic (exact) mass is 277 g/mol. The number of hydrogen-bond acceptors (Lipinski definition) is 2. The molecule has 4 nitrogen and oxygen atoms in total. The van der Waals surface area contributed by atoms with Crippen LogP contribution < -0.4 is 0 Å². The summed E-state index contributed by atoms with van der Waals surface area (Å²) < 4.78 is 2.03. The van der Waals surface area contributed by atoms with Crippen molar-refractivity contribution >= 4 is 21.9 Å². The summed E-state index contributed by atoms with van der Waals surface area (Å²) in [5.74, 6) is 0. The molecule has 0 saturated carbocycles. The lowest BCUT2D eigenvalue weighted by atomic mass is 10.0. The van der Waals surface area contributed by atoms with Crippen molar-refractivity contribution in [3.05, 3.63) is 54.5 Å². The molecule has 21 heavy (non-hydrogen) atoms. The summed E-state index contributed by atoms with van der Waals surface area (Å²) in [7, 11) is 2.00. The zero-order valence-electron chi connectivity index (χ0n) is 11.7. The van der Waals surface area contributed by atoms with E-state index in [4.69, 9.17) is 0 Å². The van der Waals surface area contributed by atoms with Gasteiger partial charge in [-0.25, -0.2) is 4.98 Å². The van der Waals surface area contributed by atoms with Gasteiger partial charge in [0.1, 0.15) is 5.65 Å². The number of pyridine rings is 1. The van der Waals surface area contributed by atoms with Gasteiger partial charge in [0.15, 0.2) is 0 Å². The lowest BCUT2D eigenvalue weighted by Gasteiger charge is -2.04. The number of nitrogens with one attached hydrogen (secondary N) is 1. The van der Waals surface area contributed by atoms with Crippen molar-refractivity contribution in [3.8, 4) is 11.1 Å². The first kappa shape index (κ1) is 12.2. The topological polar surface area (TPSA) is 53.8 Å². The Morgan fingerprint density at radius 3 is 2.95 bits per heavy atom. The second kappa shape index (κ2) is 4.46. The fourth-order valence-corrected chi connectivity index (χ4v) is 2.86. The van der Waals surface area contributed by atoms with E-state index in [0.29, 0.717) is 0 Å². The van der Waals surface area contributed by atoms with Gasteiger partial charge in [0.25, 0.3) is 0 Å². The molecule has 104 valence electrons. The third-order valence-electron chi connectivity index (χ3n) is 3.93. The molecule has 2 N–H and O–H groups in total. The lowest BCUT2D eigenvalue weighted by Crippen LogP contribution is -1.88. The second-order valence-electron chi connectivity index (χ2n) is 5.28. The Labute approximate surface area is 121 Å². The van der Waals surface area contributed by atoms with Crippen molar-refractivity contribution in [2.24, 2.45) is 7.05 Å². The van der Waals surface area contributed by atoms with Gasteiger partial charge in [-0.1, -0.05) is 6.07 Å². The molecule has 3 aromatic heterocycles. The minimum Gasteiger partial charge on any atom is -0.390 e. The molecule has 0 atom stereocenters. The van der Waals surface area contributed by atoms with Gasteiger partial charge in [-0.2, -0.15) is 0 Å². The zero-order chi connectivity index (χ0) is 14.4. The summed E-state index contributed by atoms with van der Waals surface area (Å²) >= 11 is 0. The van der Waals surface area contributed by atoms with Crippen molar-refractivity contribution in [3.63, 3.8) is 0 Å². The van der Waals surface area contributed by atoms with Crippen LogP contribution in [0.4, 0.5) is 0 Å². The highest BCUT2D eigenvalue weighted by Crippen LogP contribution is 2.30. The molecule has 4 heteroatoms. The molecule has 0 aliphatic heterocycles. The van der Waals surface area contributed by atoms with E-state index in [1.54, 1.807) is 0 Å². The standard InChI is InChI=1S/C17H15N3O/c1-20-7-5-15-14(4-6-18-17(15)20)11-2-3-16-12(8-11)9-13(10-21)19-16/h2-9,19,21H,10H2,1H3. The molecule has 0 bridgehead atoms. The SMILES string of the molecule is Cn1ccc2c(-c3ccc4[nH]c(CO)cc4c3)ccnc21. The van der Waals surface area contributed by atoms with Gasteiger partial charge in [-0.15, -0.1) is 0 Å². The molecular formula is C17H15N3O. The van der Waals surface area contributed by atoms with Crippen LogP contribution in [0.2, 0.25) is 0 Å². The first-order chi connectivity index (χ1) is 10.3. The average Bonchev–Trinajstić information content (AvgIpc) is 3.10. The van der Waals surface area contributed by atoms with Crippen LogP contribution >= 0.6 is 0 Å². The first-order valence-electron chi connectivity index (χ1n) is 6.89. The Hall–Kier alpha value is -2.59. The van der Waals surface area contributed by atoms with Crippen LogP contribution in [0, 0.1) is 0 Å². The van der Waals surface area contributed by atoms with Crippen molar-refractivity contribution in [1.29, 1.82) is 0 Å². The highest BCUT2D eigenvalue weighted by Gasteiger charge is 2.08. The Kier molecular flexibility index (Phi) is 2.59. The largest absolute Gasteiger partial charge is 0.390 e. The fraction of sp³-hybridized carbons (Fsp3) is 0.118. The van der Waals surface area contributed by atoms with Crippen molar-refractivity contribution in [2.45, 2.75) is 6.61 Å². The summed E-state index contributed by atoms with van der Waals surface area (Å²) in [5, 5.41) is 11.5. The summed E-state index contributed by atoms with van der Waals surface area (Å²) in [6.45, 7) is 0.0300. The number of rotatable bonds is 2. The van der Waals surface area contributed by atoms with Crippen LogP contribution in [-0.4, -0.2) is 19.6 Å². The molecule has 0 amide bonds. The summed E-state index contributed by atoms with van der Waals surface area (Å²) in [5.41, 5.74) is 5.19. The number of nitrogens with zero attached hydrogens (tertiary/aromatic N) is 2. The number of benzene rings is 1. The van der Waals surface area contributed by atoms with Crippen LogP contribution in [0.3, 0.4) is 0 Å². The highest BCUT2D eigenvalue weighted by molar-refractivity contribution is 5.96. The molecule has 4 rings (SSSR count). The quantitative estimate of drug-likeness (QED) is 0.591. The second-order valence-corrected chi connectivity index (χ2v) is 5.28. The predicted octanol–water partition coefficient (Wildman–Crippen LogP) is 3.21. The van der Waals surface area contributed by atoms with Crippen LogP contribution in [-0.2, 0) is 13.7 Å². The number of aryl methyl sites for hydroxylation is 1. The smallest absolute Gasteiger partial charge is 0.140 e. The number of aromatic nitrogens is 3. The van der Waals surface area contributed by atoms with Gasteiger partial charge in [0.05, 0.1) is 6.61 Å². The number of H-pyrrole nitrogens is 1. The molecule has 0 fully saturated rings. The summed E-state index contributed by atoms with van der Waals surface area (Å²) in [6.07, 6.45) is 3.87. The van der Waals surface area contributed by atoms with E-state index in [1.807, 2.05) is 36.1 Å². The van der Waals surface area contributed by atoms with Gasteiger partial charge in [-0.3, -0.25) is 0 Å². The molecule has 1 aromatic carbocycles. The van der Waals surface area contributed by atoms with Crippen LogP contribution in [0.15, 0.2) is 48.8 Å². The third-order valence-corrected chi connectivity index (χ3v) is 3.93. The molecule has 0 spiro atoms. The normalized spacial score (nSPS) is 11.5. The molecule has 4 aromatic rings. The average molecular weight is 277 g/mol. The van der Waals surface area contributed by atoms with E-state index in [9.17, 15) is 5.11 Å². The van der Waals surface area contributed by atoms with E-state index < -0.39 is 0 Å². The summed E-state index contributed by atoms with van der Waals surface area (Å²) in [6, 6.07) is 12.4. The van der Waals surface area contributed by atoms with E-state index in [0.717, 1.165) is 33.2 Å². The highest BCUT2D eigenvalue weighted by atomic mass is 16.3. The van der Waals surface area contributed by atoms with Gasteiger partial charge in [-0.05, 0) is 41.5 Å². The van der Waals surface area contributed by atoms with Gasteiger partial charge in [0, 0.05) is 41.4 Å². The van der Waals surface area contributed by atoms with E-state index in [2.05, 4.69) is 34.2 Å². The van der Waals surface area contributed by atoms with Gasteiger partial charge < -0.3 is 14.7 Å². The molecule has 0 radical (unpaired) electrons. The van der Waals surface area contributed by atoms with Crippen LogP contribution in [0.25, 0.3) is 33.1 Å². The van der Waals surface area contributed by atoms with E-state index in [1.165, 1.54) is 5.56 Å². The van der Waals surface area contributed by atoms with E-state index in [-0.39, 0.29) is 6.61 Å². The van der Waals surface area contributed by atoms with Crippen molar-refractivity contribution in [2.75, 3.05) is 0 Å². The first-order valence-corrected chi connectivity index (χ1v) is 6.89. The number of hydrogen-bond donors (Lipinski definition) is 2. The van der Waals surface area contributed by atoms with E-state index >= 15 is 0 Å². The zero-order valence-corrected chi connectivity index (χ0v) is 11.7. The molecule has 3 heterocycles. The van der Waals surface area contributed by atoms with Gasteiger partial charge >= 0.3 is 0 Å². The lowest BCUT2D eigenvalue weighted by molar-refractivity contribution is 0.278. The maximum Gasteiger partial charge on any atom is 0.140 e. The maximum atomic E-state index is 9.23. The van der Waals surface area contributed by atoms with Crippen LogP contribution in [0.1, 0.15) is 5.69 Å². The van der Waals surface area contributed by atoms with Crippen molar-refractivity contribution < 1.29 is 5.11 Å². The molecule has 0 aliphatic carbocycles. The minimum atomic E-state index is 0.0300. The fourth-order valence-electron chi connectivity index (χ4n) is 2.86. The summed E-state index contributed by atoms with van der Waals surface area (Å²) in [4.78, 5) is 7.63. The number of aliphatic hydroxyl groups is 1. The maximum absolute atomic E-state index is 9.23. The minimum absolute atomic E-state index is 0.0300. The Morgan fingerprint density at radius 2 is 2.10 bits per heavy atom. The molecule has 0 saturated heterocycles. The predicted molar refractivity (Wildman–Crippen MR) is 83.9 cm³/mol. The number of fused-ring (bicyclic) bond motifs is 2. The number of aromatic amines is 1.